The van der Waals surface area contributed by atoms with Gasteiger partial charge < -0.3 is 24.6 Å². The van der Waals surface area contributed by atoms with Gasteiger partial charge in [-0.25, -0.2) is 0 Å². The number of ether oxygens (including phenoxy) is 2. The zero-order valence-corrected chi connectivity index (χ0v) is 17.7. The fourth-order valence-corrected chi connectivity index (χ4v) is 3.14. The quantitative estimate of drug-likeness (QED) is 0.499. The highest BCUT2D eigenvalue weighted by molar-refractivity contribution is 5.80. The monoisotopic (exact) mass is 388 g/mol. The number of aromatic nitrogens is 1. The second-order valence-corrected chi connectivity index (χ2v) is 6.63. The molecule has 0 radical (unpaired) electrons. The molecule has 1 atom stereocenters. The molecule has 2 rings (SSSR count). The largest absolute Gasteiger partial charge is 0.497 e. The first-order valence-electron chi connectivity index (χ1n) is 9.70. The number of methoxy groups -OCH3 is 2. The molecule has 1 aromatic carbocycles. The van der Waals surface area contributed by atoms with Gasteiger partial charge in [0.1, 0.15) is 11.5 Å². The lowest BCUT2D eigenvalue weighted by Gasteiger charge is -2.20. The molecule has 7 nitrogen and oxygen atoms in total. The maximum atomic E-state index is 5.48. The van der Waals surface area contributed by atoms with Crippen molar-refractivity contribution in [1.29, 1.82) is 0 Å². The first-order valence-corrected chi connectivity index (χ1v) is 9.70. The van der Waals surface area contributed by atoms with Crippen LogP contribution in [0.4, 0.5) is 0 Å². The molecule has 0 fully saturated rings. The van der Waals surface area contributed by atoms with Crippen LogP contribution in [0.25, 0.3) is 0 Å². The van der Waals surface area contributed by atoms with Crippen molar-refractivity contribution in [1.82, 2.24) is 15.8 Å². The zero-order chi connectivity index (χ0) is 20.5. The van der Waals surface area contributed by atoms with E-state index in [4.69, 9.17) is 14.0 Å². The molecule has 1 heterocycles. The first kappa shape index (κ1) is 21.6. The van der Waals surface area contributed by atoms with Crippen molar-refractivity contribution in [3.8, 4) is 11.5 Å². The summed E-state index contributed by atoms with van der Waals surface area (Å²) >= 11 is 0. The Hall–Kier alpha value is -2.70. The summed E-state index contributed by atoms with van der Waals surface area (Å²) in [5, 5.41) is 10.9. The Balaban J connectivity index is 2.01. The molecule has 1 unspecified atom stereocenters. The van der Waals surface area contributed by atoms with E-state index in [0.717, 1.165) is 41.4 Å². The van der Waals surface area contributed by atoms with Crippen molar-refractivity contribution in [3.05, 3.63) is 41.3 Å². The summed E-state index contributed by atoms with van der Waals surface area (Å²) in [6, 6.07) is 7.72. The summed E-state index contributed by atoms with van der Waals surface area (Å²) < 4.78 is 16.3. The van der Waals surface area contributed by atoms with Crippen LogP contribution in [0.15, 0.2) is 33.8 Å². The van der Waals surface area contributed by atoms with Crippen LogP contribution in [0.5, 0.6) is 11.5 Å². The summed E-state index contributed by atoms with van der Waals surface area (Å²) in [5.41, 5.74) is 2.00. The molecule has 2 N–H and O–H groups in total. The van der Waals surface area contributed by atoms with Crippen LogP contribution in [0.2, 0.25) is 0 Å². The Bertz CT molecular complexity index is 769. The summed E-state index contributed by atoms with van der Waals surface area (Å²) in [7, 11) is 5.05. The van der Waals surface area contributed by atoms with Crippen molar-refractivity contribution in [2.75, 3.05) is 21.3 Å². The van der Waals surface area contributed by atoms with Gasteiger partial charge in [0, 0.05) is 24.6 Å². The highest BCUT2D eigenvalue weighted by atomic mass is 16.5. The second kappa shape index (κ2) is 10.6. The van der Waals surface area contributed by atoms with Crippen LogP contribution in [0, 0.1) is 0 Å². The van der Waals surface area contributed by atoms with Gasteiger partial charge in [-0.15, -0.1) is 0 Å². The Morgan fingerprint density at radius 1 is 1.18 bits per heavy atom. The lowest BCUT2D eigenvalue weighted by Crippen LogP contribution is -2.38. The third-order valence-electron chi connectivity index (χ3n) is 4.89. The van der Waals surface area contributed by atoms with Crippen molar-refractivity contribution < 1.29 is 14.0 Å². The van der Waals surface area contributed by atoms with E-state index in [1.807, 2.05) is 31.2 Å². The molecular weight excluding hydrogens is 356 g/mol. The number of guanidine groups is 1. The Morgan fingerprint density at radius 2 is 1.93 bits per heavy atom. The molecular formula is C21H32N4O3. The number of nitrogens with zero attached hydrogens (tertiary/aromatic N) is 2. The summed E-state index contributed by atoms with van der Waals surface area (Å²) in [6.45, 7) is 6.89. The van der Waals surface area contributed by atoms with Gasteiger partial charge in [-0.3, -0.25) is 4.99 Å². The van der Waals surface area contributed by atoms with E-state index >= 15 is 0 Å². The van der Waals surface area contributed by atoms with Crippen molar-refractivity contribution in [3.63, 3.8) is 0 Å². The highest BCUT2D eigenvalue weighted by Crippen LogP contribution is 2.29. The van der Waals surface area contributed by atoms with Crippen molar-refractivity contribution >= 4 is 5.96 Å². The van der Waals surface area contributed by atoms with Crippen LogP contribution in [-0.2, 0) is 6.54 Å². The minimum absolute atomic E-state index is 0.0360. The predicted molar refractivity (Wildman–Crippen MR) is 111 cm³/mol. The molecule has 28 heavy (non-hydrogen) atoms. The van der Waals surface area contributed by atoms with Crippen LogP contribution in [-0.4, -0.2) is 32.4 Å². The van der Waals surface area contributed by atoms with Gasteiger partial charge >= 0.3 is 0 Å². The molecule has 0 bridgehead atoms. The molecule has 0 aliphatic carbocycles. The smallest absolute Gasteiger partial charge is 0.191 e. The van der Waals surface area contributed by atoms with E-state index in [-0.39, 0.29) is 6.04 Å². The molecule has 154 valence electrons. The predicted octanol–water partition coefficient (Wildman–Crippen LogP) is 4.02. The first-order chi connectivity index (χ1) is 13.6. The third kappa shape index (κ3) is 5.41. The molecule has 0 amide bonds. The van der Waals surface area contributed by atoms with E-state index in [2.05, 4.69) is 34.6 Å². The minimum Gasteiger partial charge on any atom is -0.497 e. The van der Waals surface area contributed by atoms with E-state index in [1.165, 1.54) is 0 Å². The number of hydrogen-bond donors (Lipinski definition) is 2. The molecule has 0 aliphatic rings. The SMILES string of the molecule is CCC(CC)c1cc(CNC(=NC)NC(C)c2cc(OC)ccc2OC)on1. The standard InChI is InChI=1S/C21H32N4O3/c1-7-15(8-2)19-12-17(28-25-19)13-23-21(22-4)24-14(3)18-11-16(26-5)9-10-20(18)27-6/h9-12,14-15H,7-8,13H2,1-6H3,(H2,22,23,24). The van der Waals surface area contributed by atoms with Gasteiger partial charge in [0.05, 0.1) is 32.5 Å². The number of nitrogens with one attached hydrogen (secondary N) is 2. The molecule has 7 heteroatoms. The fourth-order valence-electron chi connectivity index (χ4n) is 3.14. The summed E-state index contributed by atoms with van der Waals surface area (Å²) in [5.74, 6) is 3.47. The Kier molecular flexibility index (Phi) is 8.17. The molecule has 2 aromatic rings. The average Bonchev–Trinajstić information content (AvgIpc) is 3.20. The summed E-state index contributed by atoms with van der Waals surface area (Å²) in [4.78, 5) is 4.30. The van der Waals surface area contributed by atoms with Crippen LogP contribution >= 0.6 is 0 Å². The minimum atomic E-state index is -0.0360. The van der Waals surface area contributed by atoms with Gasteiger partial charge in [0.2, 0.25) is 0 Å². The zero-order valence-electron chi connectivity index (χ0n) is 17.7. The maximum Gasteiger partial charge on any atom is 0.191 e. The van der Waals surface area contributed by atoms with Gasteiger partial charge in [0.25, 0.3) is 0 Å². The van der Waals surface area contributed by atoms with Gasteiger partial charge in [-0.1, -0.05) is 19.0 Å². The molecule has 0 saturated heterocycles. The van der Waals surface area contributed by atoms with Crippen molar-refractivity contribution in [2.24, 2.45) is 4.99 Å². The third-order valence-corrected chi connectivity index (χ3v) is 4.89. The number of rotatable bonds is 9. The van der Waals surface area contributed by atoms with Gasteiger partial charge in [0.15, 0.2) is 11.7 Å². The normalized spacial score (nSPS) is 12.8. The summed E-state index contributed by atoms with van der Waals surface area (Å²) in [6.07, 6.45) is 2.11. The van der Waals surface area contributed by atoms with Gasteiger partial charge in [-0.05, 0) is 38.0 Å². The fraction of sp³-hybridized carbons (Fsp3) is 0.524. The van der Waals surface area contributed by atoms with E-state index < -0.39 is 0 Å². The van der Waals surface area contributed by atoms with E-state index in [1.54, 1.807) is 21.3 Å². The number of aliphatic imine (C=N–C) groups is 1. The molecule has 0 spiro atoms. The van der Waals surface area contributed by atoms with Crippen LogP contribution in [0.3, 0.4) is 0 Å². The highest BCUT2D eigenvalue weighted by Gasteiger charge is 2.16. The van der Waals surface area contributed by atoms with Crippen LogP contribution in [0.1, 0.15) is 62.6 Å². The number of benzene rings is 1. The Labute approximate surface area is 167 Å². The van der Waals surface area contributed by atoms with Crippen molar-refractivity contribution in [2.45, 2.75) is 52.1 Å². The van der Waals surface area contributed by atoms with Crippen LogP contribution < -0.4 is 20.1 Å². The van der Waals surface area contributed by atoms with E-state index in [9.17, 15) is 0 Å². The topological polar surface area (TPSA) is 80.9 Å². The lowest BCUT2D eigenvalue weighted by molar-refractivity contribution is 0.367. The van der Waals surface area contributed by atoms with E-state index in [0.29, 0.717) is 18.4 Å². The number of hydrogen-bond acceptors (Lipinski definition) is 5. The Morgan fingerprint density at radius 3 is 2.54 bits per heavy atom. The molecule has 0 aliphatic heterocycles. The van der Waals surface area contributed by atoms with Gasteiger partial charge in [-0.2, -0.15) is 0 Å². The average molecular weight is 389 g/mol. The molecule has 0 saturated carbocycles. The molecule has 1 aromatic heterocycles. The maximum absolute atomic E-state index is 5.48. The second-order valence-electron chi connectivity index (χ2n) is 6.63. The lowest BCUT2D eigenvalue weighted by atomic mass is 9.99.